The summed E-state index contributed by atoms with van der Waals surface area (Å²) in [5.74, 6) is 0.209. The number of carbonyl (C=O) groups excluding carboxylic acids is 1. The maximum Gasteiger partial charge on any atom is 0.224 e. The normalized spacial score (nSPS) is 26.4. The van der Waals surface area contributed by atoms with Crippen LogP contribution in [0.3, 0.4) is 0 Å². The summed E-state index contributed by atoms with van der Waals surface area (Å²) in [6, 6.07) is 0.0622. The molecule has 3 N–H and O–H groups in total. The minimum absolute atomic E-state index is 0.0393. The molecule has 0 aromatic rings. The fourth-order valence-corrected chi connectivity index (χ4v) is 2.35. The minimum Gasteiger partial charge on any atom is -0.356 e. The number of nitrogens with one attached hydrogen (secondary N) is 1. The predicted molar refractivity (Wildman–Crippen MR) is 71.6 cm³/mol. The second-order valence-electron chi connectivity index (χ2n) is 6.51. The van der Waals surface area contributed by atoms with Gasteiger partial charge in [0.25, 0.3) is 0 Å². The summed E-state index contributed by atoms with van der Waals surface area (Å²) in [5, 5.41) is 3.05. The van der Waals surface area contributed by atoms with Gasteiger partial charge in [0.15, 0.2) is 0 Å². The molecule has 0 saturated heterocycles. The average Bonchev–Trinajstić information content (AvgIpc) is 2.40. The summed E-state index contributed by atoms with van der Waals surface area (Å²) < 4.78 is 0. The topological polar surface area (TPSA) is 55.1 Å². The van der Waals surface area contributed by atoms with Crippen LogP contribution in [0.15, 0.2) is 0 Å². The first-order valence-corrected chi connectivity index (χ1v) is 6.93. The number of nitrogens with two attached hydrogens (primary N) is 1. The molecule has 3 heteroatoms. The first kappa shape index (κ1) is 14.5. The molecule has 1 aliphatic rings. The van der Waals surface area contributed by atoms with Crippen LogP contribution in [-0.4, -0.2) is 18.5 Å². The van der Waals surface area contributed by atoms with Gasteiger partial charge in [0.2, 0.25) is 5.91 Å². The van der Waals surface area contributed by atoms with E-state index in [9.17, 15) is 4.79 Å². The van der Waals surface area contributed by atoms with Crippen molar-refractivity contribution in [3.05, 3.63) is 0 Å². The number of rotatable bonds is 3. The van der Waals surface area contributed by atoms with Gasteiger partial charge in [-0.15, -0.1) is 0 Å². The Balaban J connectivity index is 2.35. The molecule has 0 heterocycles. The smallest absolute Gasteiger partial charge is 0.224 e. The molecular weight excluding hydrogens is 212 g/mol. The van der Waals surface area contributed by atoms with Gasteiger partial charge < -0.3 is 11.1 Å². The minimum atomic E-state index is 0.0393. The maximum atomic E-state index is 12.1. The summed E-state index contributed by atoms with van der Waals surface area (Å²) in [6.45, 7) is 7.34. The van der Waals surface area contributed by atoms with E-state index in [2.05, 4.69) is 26.1 Å². The molecule has 0 aromatic carbocycles. The van der Waals surface area contributed by atoms with E-state index in [-0.39, 0.29) is 23.3 Å². The quantitative estimate of drug-likeness (QED) is 0.744. The second kappa shape index (κ2) is 6.39. The SMILES string of the molecule is CC(C)(C)CCNC(=O)C1CCCCCC1N. The van der Waals surface area contributed by atoms with Crippen molar-refractivity contribution in [1.82, 2.24) is 5.32 Å². The van der Waals surface area contributed by atoms with E-state index in [1.165, 1.54) is 12.8 Å². The molecule has 3 nitrogen and oxygen atoms in total. The summed E-state index contributed by atoms with van der Waals surface area (Å²) in [5.41, 5.74) is 6.35. The molecule has 0 bridgehead atoms. The molecule has 2 atom stereocenters. The maximum absolute atomic E-state index is 12.1. The highest BCUT2D eigenvalue weighted by atomic mass is 16.1. The van der Waals surface area contributed by atoms with Gasteiger partial charge in [0.1, 0.15) is 0 Å². The zero-order valence-corrected chi connectivity index (χ0v) is 11.6. The van der Waals surface area contributed by atoms with E-state index < -0.39 is 0 Å². The van der Waals surface area contributed by atoms with Crippen molar-refractivity contribution in [2.45, 2.75) is 65.3 Å². The van der Waals surface area contributed by atoms with E-state index in [0.29, 0.717) is 0 Å². The van der Waals surface area contributed by atoms with E-state index in [0.717, 1.165) is 32.2 Å². The summed E-state index contributed by atoms with van der Waals surface area (Å²) in [4.78, 5) is 12.1. The fourth-order valence-electron chi connectivity index (χ4n) is 2.35. The Morgan fingerprint density at radius 3 is 2.53 bits per heavy atom. The highest BCUT2D eigenvalue weighted by molar-refractivity contribution is 5.79. The van der Waals surface area contributed by atoms with Crippen molar-refractivity contribution in [3.8, 4) is 0 Å². The molecule has 1 rings (SSSR count). The molecule has 0 aromatic heterocycles. The molecule has 1 saturated carbocycles. The molecule has 1 fully saturated rings. The Labute approximate surface area is 106 Å². The molecule has 0 radical (unpaired) electrons. The summed E-state index contributed by atoms with van der Waals surface area (Å²) in [6.07, 6.45) is 6.51. The Morgan fingerprint density at radius 2 is 1.88 bits per heavy atom. The number of hydrogen-bond acceptors (Lipinski definition) is 2. The van der Waals surface area contributed by atoms with Crippen molar-refractivity contribution in [2.75, 3.05) is 6.54 Å². The third-order valence-corrected chi connectivity index (χ3v) is 3.58. The number of carbonyl (C=O) groups is 1. The first-order valence-electron chi connectivity index (χ1n) is 6.93. The van der Waals surface area contributed by atoms with E-state index in [1.54, 1.807) is 0 Å². The van der Waals surface area contributed by atoms with Gasteiger partial charge in [-0.1, -0.05) is 40.0 Å². The Kier molecular flexibility index (Phi) is 5.44. The third-order valence-electron chi connectivity index (χ3n) is 3.58. The van der Waals surface area contributed by atoms with Crippen molar-refractivity contribution in [3.63, 3.8) is 0 Å². The van der Waals surface area contributed by atoms with Crippen LogP contribution < -0.4 is 11.1 Å². The van der Waals surface area contributed by atoms with E-state index in [1.807, 2.05) is 0 Å². The van der Waals surface area contributed by atoms with Crippen molar-refractivity contribution in [1.29, 1.82) is 0 Å². The van der Waals surface area contributed by atoms with Crippen LogP contribution in [0.1, 0.15) is 59.3 Å². The van der Waals surface area contributed by atoms with Gasteiger partial charge in [0.05, 0.1) is 5.92 Å². The molecule has 17 heavy (non-hydrogen) atoms. The molecule has 0 spiro atoms. The van der Waals surface area contributed by atoms with E-state index in [4.69, 9.17) is 5.73 Å². The molecular formula is C14H28N2O. The molecule has 2 unspecified atom stereocenters. The molecule has 0 aliphatic heterocycles. The van der Waals surface area contributed by atoms with Crippen molar-refractivity contribution < 1.29 is 4.79 Å². The first-order chi connectivity index (χ1) is 7.90. The van der Waals surface area contributed by atoms with Gasteiger partial charge in [-0.05, 0) is 24.7 Å². The fraction of sp³-hybridized carbons (Fsp3) is 0.929. The van der Waals surface area contributed by atoms with Crippen LogP contribution in [0.25, 0.3) is 0 Å². The second-order valence-corrected chi connectivity index (χ2v) is 6.51. The van der Waals surface area contributed by atoms with Gasteiger partial charge in [-0.25, -0.2) is 0 Å². The number of amides is 1. The van der Waals surface area contributed by atoms with Crippen LogP contribution >= 0.6 is 0 Å². The van der Waals surface area contributed by atoms with Crippen LogP contribution in [0.5, 0.6) is 0 Å². The standard InChI is InChI=1S/C14H28N2O/c1-14(2,3)9-10-16-13(17)11-7-5-4-6-8-12(11)15/h11-12H,4-10,15H2,1-3H3,(H,16,17). The number of hydrogen-bond donors (Lipinski definition) is 2. The molecule has 100 valence electrons. The molecule has 1 aliphatic carbocycles. The molecule has 1 amide bonds. The Morgan fingerprint density at radius 1 is 1.24 bits per heavy atom. The third kappa shape index (κ3) is 5.53. The van der Waals surface area contributed by atoms with Crippen molar-refractivity contribution >= 4 is 5.91 Å². The van der Waals surface area contributed by atoms with Gasteiger partial charge in [-0.2, -0.15) is 0 Å². The Bertz CT molecular complexity index is 245. The van der Waals surface area contributed by atoms with Crippen LogP contribution in [-0.2, 0) is 4.79 Å². The Hall–Kier alpha value is -0.570. The van der Waals surface area contributed by atoms with E-state index >= 15 is 0 Å². The lowest BCUT2D eigenvalue weighted by molar-refractivity contribution is -0.125. The summed E-state index contributed by atoms with van der Waals surface area (Å²) in [7, 11) is 0. The van der Waals surface area contributed by atoms with Crippen LogP contribution in [0.2, 0.25) is 0 Å². The highest BCUT2D eigenvalue weighted by Gasteiger charge is 2.26. The largest absolute Gasteiger partial charge is 0.356 e. The van der Waals surface area contributed by atoms with Gasteiger partial charge >= 0.3 is 0 Å². The lowest BCUT2D eigenvalue weighted by Crippen LogP contribution is -2.42. The lowest BCUT2D eigenvalue weighted by atomic mass is 9.91. The monoisotopic (exact) mass is 240 g/mol. The van der Waals surface area contributed by atoms with Crippen molar-refractivity contribution in [2.24, 2.45) is 17.1 Å². The van der Waals surface area contributed by atoms with Gasteiger partial charge in [0, 0.05) is 12.6 Å². The zero-order chi connectivity index (χ0) is 12.9. The summed E-state index contributed by atoms with van der Waals surface area (Å²) >= 11 is 0. The van der Waals surface area contributed by atoms with Crippen LogP contribution in [0, 0.1) is 11.3 Å². The average molecular weight is 240 g/mol. The highest BCUT2D eigenvalue weighted by Crippen LogP contribution is 2.22. The predicted octanol–water partition coefficient (Wildman–Crippen LogP) is 2.45. The van der Waals surface area contributed by atoms with Gasteiger partial charge in [-0.3, -0.25) is 4.79 Å². The van der Waals surface area contributed by atoms with Crippen LogP contribution in [0.4, 0.5) is 0 Å². The lowest BCUT2D eigenvalue weighted by Gasteiger charge is -2.22. The zero-order valence-electron chi connectivity index (χ0n) is 11.6.